The third kappa shape index (κ3) is 4.01. The second-order valence-corrected chi connectivity index (χ2v) is 8.48. The van der Waals surface area contributed by atoms with Crippen LogP contribution in [0.15, 0.2) is 94.0 Å². The molecule has 0 spiro atoms. The number of hydrogen-bond donors (Lipinski definition) is 2. The Bertz CT molecular complexity index is 1290. The van der Waals surface area contributed by atoms with E-state index in [9.17, 15) is 9.59 Å². The number of hydrogen-bond acceptors (Lipinski definition) is 6. The number of nitrogens with one attached hydrogen (secondary N) is 2. The van der Waals surface area contributed by atoms with Crippen LogP contribution in [0.4, 0.5) is 5.82 Å². The van der Waals surface area contributed by atoms with Crippen LogP contribution in [0.5, 0.6) is 5.75 Å². The molecule has 0 saturated carbocycles. The predicted octanol–water partition coefficient (Wildman–Crippen LogP) is 4.68. The smallest absolute Gasteiger partial charge is 0.255 e. The van der Waals surface area contributed by atoms with Crippen molar-refractivity contribution >= 4 is 17.5 Å². The van der Waals surface area contributed by atoms with Crippen LogP contribution in [0.25, 0.3) is 0 Å². The number of allylic oxidation sites excluding steroid dienone is 3. The summed E-state index contributed by atoms with van der Waals surface area (Å²) >= 11 is 0. The van der Waals surface area contributed by atoms with E-state index in [1.54, 1.807) is 31.7 Å². The molecule has 3 aromatic rings. The minimum absolute atomic E-state index is 0.00129. The van der Waals surface area contributed by atoms with E-state index in [1.807, 2.05) is 49.4 Å². The van der Waals surface area contributed by atoms with Crippen molar-refractivity contribution in [1.82, 2.24) is 10.3 Å². The molecule has 0 saturated heterocycles. The molecule has 0 unspecified atom stereocenters. The number of methoxy groups -OCH3 is 1. The van der Waals surface area contributed by atoms with Gasteiger partial charge in [0.1, 0.15) is 17.3 Å². The van der Waals surface area contributed by atoms with Crippen molar-refractivity contribution in [2.45, 2.75) is 31.6 Å². The number of aromatic nitrogens is 1. The summed E-state index contributed by atoms with van der Waals surface area (Å²) in [4.78, 5) is 31.3. The monoisotopic (exact) mass is 455 g/mol. The van der Waals surface area contributed by atoms with Crippen LogP contribution in [-0.4, -0.2) is 23.8 Å². The average Bonchev–Trinajstić information content (AvgIpc) is 3.39. The molecule has 0 bridgehead atoms. The van der Waals surface area contributed by atoms with Crippen LogP contribution in [-0.2, 0) is 9.59 Å². The summed E-state index contributed by atoms with van der Waals surface area (Å²) in [5, 5.41) is 6.25. The number of rotatable bonds is 5. The van der Waals surface area contributed by atoms with E-state index in [0.717, 1.165) is 17.0 Å². The number of ether oxygens (including phenoxy) is 1. The quantitative estimate of drug-likeness (QED) is 0.580. The lowest BCUT2D eigenvalue weighted by Crippen LogP contribution is -2.37. The lowest BCUT2D eigenvalue weighted by Gasteiger charge is -2.36. The highest BCUT2D eigenvalue weighted by Crippen LogP contribution is 2.46. The first-order valence-electron chi connectivity index (χ1n) is 11.2. The van der Waals surface area contributed by atoms with E-state index >= 15 is 0 Å². The summed E-state index contributed by atoms with van der Waals surface area (Å²) < 4.78 is 11.0. The fraction of sp³-hybridized carbons (Fsp3) is 0.222. The zero-order chi connectivity index (χ0) is 23.7. The number of carbonyl (C=O) groups is 2. The molecule has 0 radical (unpaired) electrons. The van der Waals surface area contributed by atoms with Crippen LogP contribution in [0, 0.1) is 0 Å². The van der Waals surface area contributed by atoms with Crippen LogP contribution < -0.4 is 15.4 Å². The standard InChI is InChI=1S/C27H25N3O4/c1-16-24(27(32)30-23-10-3-4-11-28-23)25(17-7-5-8-19(13-17)33-2)26-20(29-16)14-18(15-21(26)31)22-9-6-12-34-22/h3-13,18,25,29H,14-15H2,1-2H3,(H,28,30,32)/t18-,25+/m1/s1. The van der Waals surface area contributed by atoms with Crippen molar-refractivity contribution in [2.24, 2.45) is 0 Å². The van der Waals surface area contributed by atoms with Gasteiger partial charge in [-0.3, -0.25) is 9.59 Å². The third-order valence-corrected chi connectivity index (χ3v) is 6.35. The highest BCUT2D eigenvalue weighted by atomic mass is 16.5. The average molecular weight is 456 g/mol. The van der Waals surface area contributed by atoms with Gasteiger partial charge in [0.05, 0.1) is 13.4 Å². The number of Topliss-reactive ketones (excluding diaryl/α,β-unsaturated/α-hetero) is 1. The van der Waals surface area contributed by atoms with Gasteiger partial charge in [-0.2, -0.15) is 0 Å². The Hall–Kier alpha value is -4.13. The fourth-order valence-corrected chi connectivity index (χ4v) is 4.84. The molecule has 2 N–H and O–H groups in total. The number of amides is 1. The van der Waals surface area contributed by atoms with Gasteiger partial charge < -0.3 is 19.8 Å². The molecule has 34 heavy (non-hydrogen) atoms. The van der Waals surface area contributed by atoms with Gasteiger partial charge in [-0.1, -0.05) is 18.2 Å². The first kappa shape index (κ1) is 21.7. The van der Waals surface area contributed by atoms with Gasteiger partial charge in [0, 0.05) is 47.0 Å². The van der Waals surface area contributed by atoms with E-state index in [-0.39, 0.29) is 17.6 Å². The van der Waals surface area contributed by atoms with Crippen LogP contribution in [0.3, 0.4) is 0 Å². The largest absolute Gasteiger partial charge is 0.497 e. The van der Waals surface area contributed by atoms with Gasteiger partial charge >= 0.3 is 0 Å². The van der Waals surface area contributed by atoms with E-state index in [4.69, 9.17) is 9.15 Å². The molecule has 172 valence electrons. The van der Waals surface area contributed by atoms with Crippen molar-refractivity contribution in [3.8, 4) is 5.75 Å². The second-order valence-electron chi connectivity index (χ2n) is 8.48. The Labute approximate surface area is 197 Å². The maximum Gasteiger partial charge on any atom is 0.255 e. The van der Waals surface area contributed by atoms with Gasteiger partial charge in [0.15, 0.2) is 5.78 Å². The number of pyridine rings is 1. The molecule has 3 heterocycles. The summed E-state index contributed by atoms with van der Waals surface area (Å²) in [6.07, 6.45) is 4.20. The van der Waals surface area contributed by atoms with E-state index in [2.05, 4.69) is 15.6 Å². The van der Waals surface area contributed by atoms with E-state index in [0.29, 0.717) is 41.3 Å². The second kappa shape index (κ2) is 9.02. The molecule has 1 aromatic carbocycles. The SMILES string of the molecule is COc1cccc([C@H]2C(C(=O)Nc3ccccn3)=C(C)NC3=C2C(=O)C[C@H](c2ccco2)C3)c1. The Morgan fingerprint density at radius 3 is 2.76 bits per heavy atom. The lowest BCUT2D eigenvalue weighted by atomic mass is 9.72. The van der Waals surface area contributed by atoms with Gasteiger partial charge in [-0.05, 0) is 55.3 Å². The number of carbonyl (C=O) groups excluding carboxylic acids is 2. The Morgan fingerprint density at radius 2 is 2.03 bits per heavy atom. The minimum Gasteiger partial charge on any atom is -0.497 e. The van der Waals surface area contributed by atoms with Crippen molar-refractivity contribution in [3.63, 3.8) is 0 Å². The Balaban J connectivity index is 1.58. The molecule has 2 aliphatic rings. The van der Waals surface area contributed by atoms with E-state index < -0.39 is 5.92 Å². The first-order valence-corrected chi connectivity index (χ1v) is 11.2. The van der Waals surface area contributed by atoms with Gasteiger partial charge in [-0.25, -0.2) is 4.98 Å². The lowest BCUT2D eigenvalue weighted by molar-refractivity contribution is -0.116. The molecule has 7 nitrogen and oxygen atoms in total. The maximum atomic E-state index is 13.6. The van der Waals surface area contributed by atoms with Crippen molar-refractivity contribution in [3.05, 3.63) is 101 Å². The van der Waals surface area contributed by atoms with Gasteiger partial charge in [0.25, 0.3) is 5.91 Å². The number of dihydropyridines is 1. The van der Waals surface area contributed by atoms with Crippen LogP contribution >= 0.6 is 0 Å². The molecule has 5 rings (SSSR count). The normalized spacial score (nSPS) is 20.0. The maximum absolute atomic E-state index is 13.6. The molecule has 7 heteroatoms. The summed E-state index contributed by atoms with van der Waals surface area (Å²) in [6, 6.07) is 16.6. The molecule has 1 aliphatic heterocycles. The van der Waals surface area contributed by atoms with Crippen molar-refractivity contribution in [2.75, 3.05) is 12.4 Å². The highest BCUT2D eigenvalue weighted by molar-refractivity contribution is 6.09. The summed E-state index contributed by atoms with van der Waals surface area (Å²) in [6.45, 7) is 1.87. The van der Waals surface area contributed by atoms with Crippen LogP contribution in [0.2, 0.25) is 0 Å². The minimum atomic E-state index is -0.528. The number of ketones is 1. The van der Waals surface area contributed by atoms with Gasteiger partial charge in [0.2, 0.25) is 0 Å². The number of anilines is 1. The molecular weight excluding hydrogens is 430 g/mol. The summed E-state index contributed by atoms with van der Waals surface area (Å²) in [5.41, 5.74) is 3.46. The summed E-state index contributed by atoms with van der Waals surface area (Å²) in [7, 11) is 1.60. The molecule has 0 fully saturated rings. The zero-order valence-electron chi connectivity index (χ0n) is 19.0. The number of benzene rings is 1. The zero-order valence-corrected chi connectivity index (χ0v) is 19.0. The van der Waals surface area contributed by atoms with Crippen molar-refractivity contribution in [1.29, 1.82) is 0 Å². The van der Waals surface area contributed by atoms with E-state index in [1.165, 1.54) is 0 Å². The summed E-state index contributed by atoms with van der Waals surface area (Å²) in [5.74, 6) is 1.03. The molecule has 1 amide bonds. The predicted molar refractivity (Wildman–Crippen MR) is 127 cm³/mol. The Morgan fingerprint density at radius 1 is 1.15 bits per heavy atom. The molecule has 1 aliphatic carbocycles. The number of nitrogens with zero attached hydrogens (tertiary/aromatic N) is 1. The third-order valence-electron chi connectivity index (χ3n) is 6.35. The molecule has 2 atom stereocenters. The molecular formula is C27H25N3O4. The van der Waals surface area contributed by atoms with Crippen LogP contribution in [0.1, 0.15) is 42.9 Å². The number of furan rings is 1. The fourth-order valence-electron chi connectivity index (χ4n) is 4.84. The van der Waals surface area contributed by atoms with Gasteiger partial charge in [-0.15, -0.1) is 0 Å². The highest BCUT2D eigenvalue weighted by Gasteiger charge is 2.41. The molecule has 2 aromatic heterocycles. The Kier molecular flexibility index (Phi) is 5.76. The topological polar surface area (TPSA) is 93.5 Å². The van der Waals surface area contributed by atoms with Crippen molar-refractivity contribution < 1.29 is 18.7 Å². The first-order chi connectivity index (χ1) is 16.5.